The number of carbonyl (C=O) groups is 1. The molecule has 1 saturated heterocycles. The molecule has 0 bridgehead atoms. The number of nitrogens with one attached hydrogen (secondary N) is 2. The predicted octanol–water partition coefficient (Wildman–Crippen LogP) is 0.987. The van der Waals surface area contributed by atoms with Crippen molar-refractivity contribution in [2.24, 2.45) is 0 Å². The summed E-state index contributed by atoms with van der Waals surface area (Å²) in [6, 6.07) is 0. The van der Waals surface area contributed by atoms with E-state index in [1.54, 1.807) is 12.2 Å². The second kappa shape index (κ2) is 4.96. The van der Waals surface area contributed by atoms with E-state index in [-0.39, 0.29) is 11.4 Å². The van der Waals surface area contributed by atoms with Gasteiger partial charge in [-0.1, -0.05) is 18.2 Å². The smallest absolute Gasteiger partial charge is 0.244 e. The Kier molecular flexibility index (Phi) is 3.89. The Morgan fingerprint density at radius 2 is 2.29 bits per heavy atom. The number of hydrogen-bond donors (Lipinski definition) is 2. The minimum Gasteiger partial charge on any atom is -0.346 e. The van der Waals surface area contributed by atoms with Crippen LogP contribution in [0.15, 0.2) is 24.3 Å². The van der Waals surface area contributed by atoms with E-state index in [1.807, 2.05) is 19.1 Å². The third-order valence-electron chi connectivity index (χ3n) is 2.34. The Balaban J connectivity index is 2.39. The van der Waals surface area contributed by atoms with E-state index in [9.17, 15) is 4.79 Å². The maximum Gasteiger partial charge on any atom is 0.244 e. The molecule has 1 fully saturated rings. The Morgan fingerprint density at radius 1 is 1.50 bits per heavy atom. The zero-order valence-electron chi connectivity index (χ0n) is 8.84. The molecule has 1 aliphatic rings. The van der Waals surface area contributed by atoms with Crippen LogP contribution in [0.3, 0.4) is 0 Å². The van der Waals surface area contributed by atoms with Crippen LogP contribution in [0.2, 0.25) is 0 Å². The zero-order chi connectivity index (χ0) is 10.4. The van der Waals surface area contributed by atoms with Crippen LogP contribution in [-0.4, -0.2) is 24.5 Å². The van der Waals surface area contributed by atoms with Crippen LogP contribution in [0.1, 0.15) is 20.3 Å². The minimum atomic E-state index is -0.0721. The monoisotopic (exact) mass is 194 g/mol. The SMILES string of the molecule is CC=CC=CC(=O)NC1(C)CCNC1. The van der Waals surface area contributed by atoms with Crippen LogP contribution in [-0.2, 0) is 4.79 Å². The van der Waals surface area contributed by atoms with E-state index in [1.165, 1.54) is 0 Å². The number of allylic oxidation sites excluding steroid dienone is 3. The third-order valence-corrected chi connectivity index (χ3v) is 2.34. The van der Waals surface area contributed by atoms with Gasteiger partial charge in [-0.3, -0.25) is 4.79 Å². The standard InChI is InChI=1S/C11H18N2O/c1-3-4-5-6-10(14)13-11(2)7-8-12-9-11/h3-6,12H,7-9H2,1-2H3,(H,13,14). The van der Waals surface area contributed by atoms with E-state index in [0.29, 0.717) is 0 Å². The highest BCUT2D eigenvalue weighted by Gasteiger charge is 2.29. The first-order valence-corrected chi connectivity index (χ1v) is 4.98. The third kappa shape index (κ3) is 3.34. The first-order chi connectivity index (χ1) is 6.66. The lowest BCUT2D eigenvalue weighted by molar-refractivity contribution is -0.118. The van der Waals surface area contributed by atoms with Gasteiger partial charge in [0.15, 0.2) is 0 Å². The van der Waals surface area contributed by atoms with Crippen LogP contribution < -0.4 is 10.6 Å². The highest BCUT2D eigenvalue weighted by Crippen LogP contribution is 2.12. The van der Waals surface area contributed by atoms with Crippen molar-refractivity contribution in [1.82, 2.24) is 10.6 Å². The highest BCUT2D eigenvalue weighted by molar-refractivity contribution is 5.88. The first kappa shape index (κ1) is 11.0. The summed E-state index contributed by atoms with van der Waals surface area (Å²) in [5.41, 5.74) is -0.0721. The molecule has 0 aromatic rings. The summed E-state index contributed by atoms with van der Waals surface area (Å²) >= 11 is 0. The quantitative estimate of drug-likeness (QED) is 0.519. The molecule has 0 radical (unpaired) electrons. The second-order valence-corrected chi connectivity index (χ2v) is 3.86. The Bertz CT molecular complexity index is 250. The molecule has 0 aliphatic carbocycles. The number of carbonyl (C=O) groups excluding carboxylic acids is 1. The van der Waals surface area contributed by atoms with Crippen molar-refractivity contribution in [1.29, 1.82) is 0 Å². The molecule has 3 heteroatoms. The summed E-state index contributed by atoms with van der Waals surface area (Å²) in [6.07, 6.45) is 8.04. The number of rotatable bonds is 3. The Hall–Kier alpha value is -1.09. The van der Waals surface area contributed by atoms with Gasteiger partial charge in [-0.25, -0.2) is 0 Å². The average molecular weight is 194 g/mol. The molecule has 1 heterocycles. The molecule has 1 amide bonds. The fourth-order valence-electron chi connectivity index (χ4n) is 1.52. The summed E-state index contributed by atoms with van der Waals surface area (Å²) in [4.78, 5) is 11.4. The van der Waals surface area contributed by atoms with E-state index in [0.717, 1.165) is 19.5 Å². The molecular weight excluding hydrogens is 176 g/mol. The molecule has 1 rings (SSSR count). The van der Waals surface area contributed by atoms with Crippen LogP contribution in [0.4, 0.5) is 0 Å². The summed E-state index contributed by atoms with van der Waals surface area (Å²) in [5.74, 6) is -0.0192. The van der Waals surface area contributed by atoms with Crippen molar-refractivity contribution >= 4 is 5.91 Å². The molecule has 1 atom stereocenters. The van der Waals surface area contributed by atoms with Crippen molar-refractivity contribution < 1.29 is 4.79 Å². The van der Waals surface area contributed by atoms with Gasteiger partial charge >= 0.3 is 0 Å². The zero-order valence-corrected chi connectivity index (χ0v) is 8.84. The lowest BCUT2D eigenvalue weighted by Crippen LogP contribution is -2.46. The lowest BCUT2D eigenvalue weighted by Gasteiger charge is -2.23. The molecule has 78 valence electrons. The fraction of sp³-hybridized carbons (Fsp3) is 0.545. The maximum absolute atomic E-state index is 11.4. The number of hydrogen-bond acceptors (Lipinski definition) is 2. The van der Waals surface area contributed by atoms with Crippen molar-refractivity contribution in [3.8, 4) is 0 Å². The van der Waals surface area contributed by atoms with Crippen molar-refractivity contribution in [3.63, 3.8) is 0 Å². The van der Waals surface area contributed by atoms with Crippen molar-refractivity contribution in [3.05, 3.63) is 24.3 Å². The van der Waals surface area contributed by atoms with Gasteiger partial charge in [0, 0.05) is 12.6 Å². The average Bonchev–Trinajstić information content (AvgIpc) is 2.52. The Morgan fingerprint density at radius 3 is 2.86 bits per heavy atom. The summed E-state index contributed by atoms with van der Waals surface area (Å²) in [5, 5.41) is 6.22. The molecule has 0 saturated carbocycles. The Labute approximate surface area is 85.3 Å². The van der Waals surface area contributed by atoms with Crippen LogP contribution in [0, 0.1) is 0 Å². The maximum atomic E-state index is 11.4. The van der Waals surface area contributed by atoms with Gasteiger partial charge in [-0.15, -0.1) is 0 Å². The molecule has 1 unspecified atom stereocenters. The highest BCUT2D eigenvalue weighted by atomic mass is 16.1. The molecule has 0 spiro atoms. The largest absolute Gasteiger partial charge is 0.346 e. The topological polar surface area (TPSA) is 41.1 Å². The summed E-state index contributed by atoms with van der Waals surface area (Å²) < 4.78 is 0. The fourth-order valence-corrected chi connectivity index (χ4v) is 1.52. The van der Waals surface area contributed by atoms with Gasteiger partial charge in [0.2, 0.25) is 5.91 Å². The number of amides is 1. The van der Waals surface area contributed by atoms with Gasteiger partial charge in [-0.2, -0.15) is 0 Å². The normalized spacial score (nSPS) is 27.6. The van der Waals surface area contributed by atoms with Gasteiger partial charge in [-0.05, 0) is 26.8 Å². The predicted molar refractivity (Wildman–Crippen MR) is 58.0 cm³/mol. The molecule has 1 aliphatic heterocycles. The first-order valence-electron chi connectivity index (χ1n) is 4.98. The van der Waals surface area contributed by atoms with E-state index >= 15 is 0 Å². The van der Waals surface area contributed by atoms with E-state index in [4.69, 9.17) is 0 Å². The van der Waals surface area contributed by atoms with Gasteiger partial charge in [0.25, 0.3) is 0 Å². The van der Waals surface area contributed by atoms with Gasteiger partial charge in [0.1, 0.15) is 0 Å². The van der Waals surface area contributed by atoms with Gasteiger partial charge < -0.3 is 10.6 Å². The van der Waals surface area contributed by atoms with Crippen LogP contribution in [0.5, 0.6) is 0 Å². The van der Waals surface area contributed by atoms with Crippen molar-refractivity contribution in [2.75, 3.05) is 13.1 Å². The molecule has 0 aromatic heterocycles. The molecule has 2 N–H and O–H groups in total. The molecule has 0 aromatic carbocycles. The summed E-state index contributed by atoms with van der Waals surface area (Å²) in [7, 11) is 0. The van der Waals surface area contributed by atoms with E-state index < -0.39 is 0 Å². The molecular formula is C11H18N2O. The molecule has 3 nitrogen and oxygen atoms in total. The molecule has 14 heavy (non-hydrogen) atoms. The van der Waals surface area contributed by atoms with Crippen molar-refractivity contribution in [2.45, 2.75) is 25.8 Å². The van der Waals surface area contributed by atoms with Gasteiger partial charge in [0.05, 0.1) is 5.54 Å². The van der Waals surface area contributed by atoms with Crippen LogP contribution >= 0.6 is 0 Å². The second-order valence-electron chi connectivity index (χ2n) is 3.86. The van der Waals surface area contributed by atoms with E-state index in [2.05, 4.69) is 17.6 Å². The minimum absolute atomic E-state index is 0.0192. The van der Waals surface area contributed by atoms with Crippen LogP contribution in [0.25, 0.3) is 0 Å². The lowest BCUT2D eigenvalue weighted by atomic mass is 10.0. The summed E-state index contributed by atoms with van der Waals surface area (Å²) in [6.45, 7) is 5.82.